The maximum Gasteiger partial charge on any atom is 0.573 e. The minimum atomic E-state index is -5.88. The largest absolute Gasteiger partial charge is 0.573 e. The summed E-state index contributed by atoms with van der Waals surface area (Å²) in [5, 5.41) is 2.27. The Hall–Kier alpha value is -4.87. The molecule has 0 unspecified atom stereocenters. The maximum absolute atomic E-state index is 13.5. The van der Waals surface area contributed by atoms with Crippen molar-refractivity contribution in [3.8, 4) is 17.2 Å². The monoisotopic (exact) mass is 645 g/mol. The third-order valence-electron chi connectivity index (χ3n) is 4.77. The highest BCUT2D eigenvalue weighted by Gasteiger charge is 2.42. The normalized spacial score (nSPS) is 11.8. The zero-order chi connectivity index (χ0) is 32.2. The molecule has 1 N–H and O–H groups in total. The van der Waals surface area contributed by atoms with Gasteiger partial charge in [-0.1, -0.05) is 29.8 Å². The van der Waals surface area contributed by atoms with E-state index in [9.17, 15) is 53.9 Å². The van der Waals surface area contributed by atoms with Gasteiger partial charge in [-0.15, -0.1) is 39.5 Å². The van der Waals surface area contributed by atoms with E-state index in [0.717, 1.165) is 12.1 Å². The zero-order valence-corrected chi connectivity index (χ0v) is 21.3. The molecular weight excluding hydrogens is 633 g/mol. The third kappa shape index (κ3) is 9.32. The highest BCUT2D eigenvalue weighted by Crippen LogP contribution is 2.47. The van der Waals surface area contributed by atoms with Crippen LogP contribution in [0.3, 0.4) is 0 Å². The van der Waals surface area contributed by atoms with Gasteiger partial charge in [-0.2, -0.15) is 0 Å². The molecule has 230 valence electrons. The van der Waals surface area contributed by atoms with Crippen LogP contribution in [0, 0.1) is 0 Å². The van der Waals surface area contributed by atoms with Crippen molar-refractivity contribution in [1.82, 2.24) is 0 Å². The van der Waals surface area contributed by atoms with Crippen LogP contribution in [0.25, 0.3) is 0 Å². The van der Waals surface area contributed by atoms with Gasteiger partial charge in [0.1, 0.15) is 0 Å². The van der Waals surface area contributed by atoms with Gasteiger partial charge in [-0.3, -0.25) is 4.79 Å². The molecule has 43 heavy (non-hydrogen) atoms. The summed E-state index contributed by atoms with van der Waals surface area (Å²) in [6.07, 6.45) is -17.7. The van der Waals surface area contributed by atoms with Gasteiger partial charge >= 0.3 is 31.1 Å². The minimum Gasteiger partial charge on any atom is -0.402 e. The van der Waals surface area contributed by atoms with Crippen LogP contribution in [-0.4, -0.2) is 37.6 Å². The van der Waals surface area contributed by atoms with Gasteiger partial charge in [0.15, 0.2) is 11.5 Å². The molecule has 0 saturated heterocycles. The Morgan fingerprint density at radius 3 is 1.65 bits per heavy atom. The zero-order valence-electron chi connectivity index (χ0n) is 20.6. The molecule has 0 fully saturated rings. The summed E-state index contributed by atoms with van der Waals surface area (Å²) in [5.41, 5.74) is -1.64. The fourth-order valence-electron chi connectivity index (χ4n) is 3.25. The summed E-state index contributed by atoms with van der Waals surface area (Å²) in [5.74, 6) is -6.46. The van der Waals surface area contributed by atoms with Gasteiger partial charge in [0.2, 0.25) is 12.2 Å². The highest BCUT2D eigenvalue weighted by atomic mass is 35.5. The Morgan fingerprint density at radius 2 is 1.21 bits per heavy atom. The van der Waals surface area contributed by atoms with Crippen molar-refractivity contribution >= 4 is 47.1 Å². The van der Waals surface area contributed by atoms with E-state index in [4.69, 9.17) is 11.6 Å². The van der Waals surface area contributed by atoms with Gasteiger partial charge in [-0.25, -0.2) is 19.4 Å². The molecule has 0 saturated carbocycles. The number of carbonyl (C=O) groups excluding carboxylic acids is 3. The molecule has 3 aromatic carbocycles. The lowest BCUT2D eigenvalue weighted by atomic mass is 10.2. The quantitative estimate of drug-likeness (QED) is 0.208. The molecule has 0 bridgehead atoms. The topological polar surface area (TPSA) is 97.4 Å². The number of hydrogen-bond acceptors (Lipinski definition) is 6. The van der Waals surface area contributed by atoms with Crippen LogP contribution >= 0.6 is 11.6 Å². The van der Waals surface area contributed by atoms with Crippen LogP contribution in [0.1, 0.15) is 0 Å². The molecule has 0 aromatic heterocycles. The minimum absolute atomic E-state index is 0.0644. The van der Waals surface area contributed by atoms with Crippen LogP contribution in [0.15, 0.2) is 66.7 Å². The number of urea groups is 2. The molecule has 19 heteroatoms. The van der Waals surface area contributed by atoms with Crippen LogP contribution in [0.4, 0.5) is 66.2 Å². The summed E-state index contributed by atoms with van der Waals surface area (Å²) in [4.78, 5) is 38.7. The second-order valence-corrected chi connectivity index (χ2v) is 8.22. The molecule has 5 amide bonds. The second-order valence-electron chi connectivity index (χ2n) is 7.78. The summed E-state index contributed by atoms with van der Waals surface area (Å²) >= 11 is 5.76. The van der Waals surface area contributed by atoms with Crippen LogP contribution in [-0.2, 0) is 4.79 Å². The Kier molecular flexibility index (Phi) is 9.53. The van der Waals surface area contributed by atoms with Crippen LogP contribution in [0.5, 0.6) is 17.2 Å². The molecular formula is C24H13ClF9N3O6. The average molecular weight is 646 g/mol. The number of amides is 5. The summed E-state index contributed by atoms with van der Waals surface area (Å²) in [6, 6.07) is 7.81. The number of imide groups is 2. The standard InChI is InChI=1S/C24H13ClF9N3O6/c25-13-6-8-14(9-7-13)35-20(39)37(21(40)36(12-38)15-4-2-1-3-5-15)16-10-17(41-22(26,27)28)19(43-24(32,33)34)18(11-16)42-23(29,30)31/h1-12H,(H,35,39). The number of nitrogens with one attached hydrogen (secondary N) is 1. The predicted molar refractivity (Wildman–Crippen MR) is 130 cm³/mol. The van der Waals surface area contributed by atoms with Crippen molar-refractivity contribution < 1.29 is 68.1 Å². The molecule has 0 aliphatic rings. The molecule has 9 nitrogen and oxygen atoms in total. The second kappa shape index (κ2) is 12.6. The lowest BCUT2D eigenvalue weighted by molar-refractivity contribution is -0.293. The number of nitrogens with zero attached hydrogens (tertiary/aromatic N) is 2. The van der Waals surface area contributed by atoms with Gasteiger partial charge in [0.05, 0.1) is 11.4 Å². The first kappa shape index (κ1) is 32.6. The molecule has 0 aliphatic carbocycles. The number of para-hydroxylation sites is 1. The first-order valence-corrected chi connectivity index (χ1v) is 11.4. The first-order chi connectivity index (χ1) is 19.9. The predicted octanol–water partition coefficient (Wildman–Crippen LogP) is 7.86. The fourth-order valence-corrected chi connectivity index (χ4v) is 3.38. The molecule has 0 radical (unpaired) electrons. The number of carbonyl (C=O) groups is 3. The van der Waals surface area contributed by atoms with E-state index in [1.54, 1.807) is 0 Å². The maximum atomic E-state index is 13.5. The van der Waals surface area contributed by atoms with Crippen LogP contribution < -0.4 is 29.3 Å². The fraction of sp³-hybridized carbons (Fsp3) is 0.125. The molecule has 0 spiro atoms. The van der Waals surface area contributed by atoms with Crippen molar-refractivity contribution in [2.75, 3.05) is 15.1 Å². The summed E-state index contributed by atoms with van der Waals surface area (Å²) < 4.78 is 128. The Balaban J connectivity index is 2.29. The van der Waals surface area contributed by atoms with E-state index >= 15 is 0 Å². The number of anilines is 3. The first-order valence-electron chi connectivity index (χ1n) is 11.0. The SMILES string of the molecule is O=CN(C(=O)N(C(=O)Nc1ccc(Cl)cc1)c1cc(OC(F)(F)F)c(OC(F)(F)F)c(OC(F)(F)F)c1)c1ccccc1. The van der Waals surface area contributed by atoms with Crippen molar-refractivity contribution in [3.63, 3.8) is 0 Å². The van der Waals surface area contributed by atoms with E-state index < -0.39 is 54.1 Å². The van der Waals surface area contributed by atoms with Gasteiger partial charge < -0.3 is 19.5 Å². The van der Waals surface area contributed by atoms with Gasteiger partial charge in [0.25, 0.3) is 0 Å². The van der Waals surface area contributed by atoms with Crippen LogP contribution in [0.2, 0.25) is 5.02 Å². The number of rotatable bonds is 7. The van der Waals surface area contributed by atoms with E-state index in [-0.39, 0.29) is 44.7 Å². The van der Waals surface area contributed by atoms with Crippen molar-refractivity contribution in [2.24, 2.45) is 0 Å². The van der Waals surface area contributed by atoms with Crippen molar-refractivity contribution in [3.05, 3.63) is 71.8 Å². The van der Waals surface area contributed by atoms with Gasteiger partial charge in [-0.05, 0) is 36.4 Å². The molecule has 0 heterocycles. The van der Waals surface area contributed by atoms with E-state index in [2.05, 4.69) is 19.5 Å². The van der Waals surface area contributed by atoms with E-state index in [1.165, 1.54) is 42.5 Å². The molecule has 3 rings (SSSR count). The van der Waals surface area contributed by atoms with Crippen molar-refractivity contribution in [2.45, 2.75) is 19.1 Å². The Morgan fingerprint density at radius 1 is 0.721 bits per heavy atom. The lowest BCUT2D eigenvalue weighted by Crippen LogP contribution is -2.48. The average Bonchev–Trinajstić information content (AvgIpc) is 2.86. The molecule has 3 aromatic rings. The Bertz CT molecular complexity index is 1430. The summed E-state index contributed by atoms with van der Waals surface area (Å²) in [7, 11) is 0. The number of halogens is 10. The number of alkyl halides is 9. The smallest absolute Gasteiger partial charge is 0.402 e. The van der Waals surface area contributed by atoms with Gasteiger partial charge in [0, 0.05) is 22.8 Å². The lowest BCUT2D eigenvalue weighted by Gasteiger charge is -2.28. The third-order valence-corrected chi connectivity index (χ3v) is 5.02. The number of hydrogen-bond donors (Lipinski definition) is 1. The Labute approximate surface area is 238 Å². The van der Waals surface area contributed by atoms with E-state index in [0.29, 0.717) is 0 Å². The molecule has 0 atom stereocenters. The number of ether oxygens (including phenoxy) is 3. The summed E-state index contributed by atoms with van der Waals surface area (Å²) in [6.45, 7) is 0. The molecule has 0 aliphatic heterocycles. The highest BCUT2D eigenvalue weighted by molar-refractivity contribution is 6.30. The van der Waals surface area contributed by atoms with E-state index in [1.807, 2.05) is 0 Å². The number of benzene rings is 3. The van der Waals surface area contributed by atoms with Crippen molar-refractivity contribution in [1.29, 1.82) is 0 Å².